The number of nitrogens with zero attached hydrogens (tertiary/aromatic N) is 4. The van der Waals surface area contributed by atoms with Gasteiger partial charge in [-0.25, -0.2) is 0 Å². The molecule has 6 heteroatoms. The Labute approximate surface area is 137 Å². The van der Waals surface area contributed by atoms with E-state index >= 15 is 0 Å². The predicted molar refractivity (Wildman–Crippen MR) is 90.0 cm³/mol. The quantitative estimate of drug-likeness (QED) is 0.930. The zero-order valence-electron chi connectivity index (χ0n) is 14.1. The lowest BCUT2D eigenvalue weighted by molar-refractivity contribution is 0.193. The van der Waals surface area contributed by atoms with Gasteiger partial charge in [-0.1, -0.05) is 23.4 Å². The number of rotatable bonds is 4. The molecule has 6 nitrogen and oxygen atoms in total. The number of hydrogen-bond donors (Lipinski definition) is 1. The van der Waals surface area contributed by atoms with Crippen LogP contribution in [-0.2, 0) is 12.1 Å². The van der Waals surface area contributed by atoms with Crippen molar-refractivity contribution < 1.29 is 4.52 Å². The first-order valence-electron chi connectivity index (χ1n) is 8.09. The van der Waals surface area contributed by atoms with Gasteiger partial charge in [-0.15, -0.1) is 0 Å². The first-order chi connectivity index (χ1) is 10.9. The number of para-hydroxylation sites is 1. The summed E-state index contributed by atoms with van der Waals surface area (Å²) in [7, 11) is 0. The van der Waals surface area contributed by atoms with E-state index < -0.39 is 5.54 Å². The normalized spacial score (nSPS) is 20.0. The summed E-state index contributed by atoms with van der Waals surface area (Å²) in [5.74, 6) is 1.20. The molecule has 3 rings (SSSR count). The van der Waals surface area contributed by atoms with Gasteiger partial charge in [0.25, 0.3) is 0 Å². The SMILES string of the molecule is CC1CN(Cc2nc(C(C)(C)N)no2)CCN1c1ccccc1. The van der Waals surface area contributed by atoms with Gasteiger partial charge >= 0.3 is 0 Å². The van der Waals surface area contributed by atoms with Gasteiger partial charge in [0.1, 0.15) is 0 Å². The molecule has 1 aliphatic heterocycles. The molecule has 1 aliphatic rings. The molecule has 1 saturated heterocycles. The van der Waals surface area contributed by atoms with Crippen molar-refractivity contribution >= 4 is 5.69 Å². The van der Waals surface area contributed by atoms with Crippen LogP contribution in [0.1, 0.15) is 32.5 Å². The van der Waals surface area contributed by atoms with Gasteiger partial charge in [-0.3, -0.25) is 4.90 Å². The van der Waals surface area contributed by atoms with E-state index in [4.69, 9.17) is 10.3 Å². The molecule has 0 radical (unpaired) electrons. The van der Waals surface area contributed by atoms with Crippen molar-refractivity contribution in [2.24, 2.45) is 5.73 Å². The molecule has 1 fully saturated rings. The van der Waals surface area contributed by atoms with Crippen LogP contribution in [0.4, 0.5) is 5.69 Å². The first kappa shape index (κ1) is 16.0. The third kappa shape index (κ3) is 3.71. The highest BCUT2D eigenvalue weighted by molar-refractivity contribution is 5.47. The second kappa shape index (κ2) is 6.29. The molecule has 2 heterocycles. The lowest BCUT2D eigenvalue weighted by Gasteiger charge is -2.40. The molecule has 0 bridgehead atoms. The monoisotopic (exact) mass is 315 g/mol. The summed E-state index contributed by atoms with van der Waals surface area (Å²) in [6.45, 7) is 9.62. The van der Waals surface area contributed by atoms with Crippen molar-refractivity contribution in [3.63, 3.8) is 0 Å². The molecule has 1 aromatic carbocycles. The van der Waals surface area contributed by atoms with E-state index in [0.29, 0.717) is 24.3 Å². The van der Waals surface area contributed by atoms with Crippen molar-refractivity contribution in [2.45, 2.75) is 38.9 Å². The molecule has 1 atom stereocenters. The summed E-state index contributed by atoms with van der Waals surface area (Å²) in [6.07, 6.45) is 0. The van der Waals surface area contributed by atoms with Crippen LogP contribution in [0.2, 0.25) is 0 Å². The Morgan fingerprint density at radius 3 is 2.61 bits per heavy atom. The van der Waals surface area contributed by atoms with Crippen molar-refractivity contribution in [1.82, 2.24) is 15.0 Å². The summed E-state index contributed by atoms with van der Waals surface area (Å²) in [6, 6.07) is 11.0. The lowest BCUT2D eigenvalue weighted by atomic mass is 10.1. The van der Waals surface area contributed by atoms with Crippen LogP contribution in [0.3, 0.4) is 0 Å². The molecule has 2 aromatic rings. The van der Waals surface area contributed by atoms with Gasteiger partial charge in [0, 0.05) is 31.4 Å². The fourth-order valence-corrected chi connectivity index (χ4v) is 2.95. The maximum atomic E-state index is 6.00. The van der Waals surface area contributed by atoms with Gasteiger partial charge in [-0.05, 0) is 32.9 Å². The maximum absolute atomic E-state index is 6.00. The highest BCUT2D eigenvalue weighted by Crippen LogP contribution is 2.21. The Balaban J connectivity index is 1.61. The minimum absolute atomic E-state index is 0.444. The molecule has 0 spiro atoms. The predicted octanol–water partition coefficient (Wildman–Crippen LogP) is 1.97. The maximum Gasteiger partial charge on any atom is 0.240 e. The summed E-state index contributed by atoms with van der Waals surface area (Å²) >= 11 is 0. The van der Waals surface area contributed by atoms with Crippen LogP contribution >= 0.6 is 0 Å². The van der Waals surface area contributed by atoms with E-state index in [1.807, 2.05) is 13.8 Å². The fraction of sp³-hybridized carbons (Fsp3) is 0.529. The van der Waals surface area contributed by atoms with Crippen molar-refractivity contribution in [1.29, 1.82) is 0 Å². The zero-order valence-corrected chi connectivity index (χ0v) is 14.1. The van der Waals surface area contributed by atoms with Crippen molar-refractivity contribution in [3.8, 4) is 0 Å². The Morgan fingerprint density at radius 1 is 1.26 bits per heavy atom. The highest BCUT2D eigenvalue weighted by atomic mass is 16.5. The fourth-order valence-electron chi connectivity index (χ4n) is 2.95. The van der Waals surface area contributed by atoms with E-state index in [1.165, 1.54) is 5.69 Å². The Morgan fingerprint density at radius 2 is 2.00 bits per heavy atom. The third-order valence-corrected chi connectivity index (χ3v) is 4.20. The number of piperazine rings is 1. The zero-order chi connectivity index (χ0) is 16.4. The first-order valence-corrected chi connectivity index (χ1v) is 8.09. The van der Waals surface area contributed by atoms with Crippen molar-refractivity contribution in [3.05, 3.63) is 42.0 Å². The molecule has 23 heavy (non-hydrogen) atoms. The minimum atomic E-state index is -0.568. The van der Waals surface area contributed by atoms with Gasteiger partial charge in [-0.2, -0.15) is 4.98 Å². The summed E-state index contributed by atoms with van der Waals surface area (Å²) in [4.78, 5) is 9.22. The molecule has 0 amide bonds. The molecule has 0 aliphatic carbocycles. The molecular weight excluding hydrogens is 290 g/mol. The van der Waals surface area contributed by atoms with Gasteiger partial charge < -0.3 is 15.2 Å². The summed E-state index contributed by atoms with van der Waals surface area (Å²) in [5, 5.41) is 3.99. The van der Waals surface area contributed by atoms with E-state index in [9.17, 15) is 0 Å². The van der Waals surface area contributed by atoms with Crippen LogP contribution in [0.5, 0.6) is 0 Å². The number of hydrogen-bond acceptors (Lipinski definition) is 6. The van der Waals surface area contributed by atoms with Gasteiger partial charge in [0.2, 0.25) is 5.89 Å². The second-order valence-electron chi connectivity index (χ2n) is 6.85. The Bertz CT molecular complexity index is 634. The average Bonchev–Trinajstić information content (AvgIpc) is 2.97. The number of anilines is 1. The minimum Gasteiger partial charge on any atom is -0.366 e. The van der Waals surface area contributed by atoms with Gasteiger partial charge in [0.15, 0.2) is 5.82 Å². The van der Waals surface area contributed by atoms with Crippen molar-refractivity contribution in [2.75, 3.05) is 24.5 Å². The number of nitrogens with two attached hydrogens (primary N) is 1. The highest BCUT2D eigenvalue weighted by Gasteiger charge is 2.26. The largest absolute Gasteiger partial charge is 0.366 e. The molecular formula is C17H25N5O. The topological polar surface area (TPSA) is 71.4 Å². The summed E-state index contributed by atoms with van der Waals surface area (Å²) in [5.41, 5.74) is 6.72. The number of benzene rings is 1. The van der Waals surface area contributed by atoms with E-state index in [1.54, 1.807) is 0 Å². The van der Waals surface area contributed by atoms with Crippen LogP contribution in [0.25, 0.3) is 0 Å². The van der Waals surface area contributed by atoms with Crippen LogP contribution in [0, 0.1) is 0 Å². The Kier molecular flexibility index (Phi) is 4.37. The smallest absolute Gasteiger partial charge is 0.240 e. The molecule has 2 N–H and O–H groups in total. The van der Waals surface area contributed by atoms with E-state index in [-0.39, 0.29) is 0 Å². The lowest BCUT2D eigenvalue weighted by Crippen LogP contribution is -2.51. The van der Waals surface area contributed by atoms with E-state index in [2.05, 4.69) is 57.2 Å². The second-order valence-corrected chi connectivity index (χ2v) is 6.85. The number of aromatic nitrogens is 2. The molecule has 0 saturated carbocycles. The average molecular weight is 315 g/mol. The van der Waals surface area contributed by atoms with Crippen LogP contribution in [-0.4, -0.2) is 40.7 Å². The molecule has 1 unspecified atom stereocenters. The molecule has 1 aromatic heterocycles. The third-order valence-electron chi connectivity index (χ3n) is 4.20. The summed E-state index contributed by atoms with van der Waals surface area (Å²) < 4.78 is 5.34. The van der Waals surface area contributed by atoms with E-state index in [0.717, 1.165) is 19.6 Å². The van der Waals surface area contributed by atoms with Crippen LogP contribution < -0.4 is 10.6 Å². The molecule has 124 valence electrons. The van der Waals surface area contributed by atoms with Crippen LogP contribution in [0.15, 0.2) is 34.9 Å². The van der Waals surface area contributed by atoms with Gasteiger partial charge in [0.05, 0.1) is 12.1 Å². The standard InChI is InChI=1S/C17H25N5O/c1-13-11-21(9-10-22(13)14-7-5-4-6-8-14)12-15-19-16(20-23-15)17(2,3)18/h4-8,13H,9-12,18H2,1-3H3. The Hall–Kier alpha value is -1.92.